The van der Waals surface area contributed by atoms with Gasteiger partial charge in [0.05, 0.1) is 5.69 Å². The quantitative estimate of drug-likeness (QED) is 0.549. The average Bonchev–Trinajstić information content (AvgIpc) is 2.31. The maximum Gasteiger partial charge on any atom is 0.0698 e. The molecule has 1 aliphatic rings. The van der Waals surface area contributed by atoms with Crippen molar-refractivity contribution >= 4 is 11.4 Å². The summed E-state index contributed by atoms with van der Waals surface area (Å²) in [5.41, 5.74) is 4.71. The summed E-state index contributed by atoms with van der Waals surface area (Å²) >= 11 is 0. The van der Waals surface area contributed by atoms with Gasteiger partial charge in [0.2, 0.25) is 0 Å². The zero-order chi connectivity index (χ0) is 7.84. The van der Waals surface area contributed by atoms with Gasteiger partial charge >= 0.3 is 0 Å². The number of aromatic nitrogens is 1. The molecule has 0 saturated heterocycles. The van der Waals surface area contributed by atoms with E-state index in [0.29, 0.717) is 0 Å². The van der Waals surface area contributed by atoms with Crippen LogP contribution < -0.4 is 0 Å². The van der Waals surface area contributed by atoms with E-state index in [1.54, 1.807) is 0 Å². The Morgan fingerprint density at radius 1 is 1.36 bits per heavy atom. The molecule has 0 amide bonds. The van der Waals surface area contributed by atoms with Crippen LogP contribution in [-0.2, 0) is 6.42 Å². The lowest BCUT2D eigenvalue weighted by Gasteiger charge is -1.98. The molecule has 0 radical (unpaired) electrons. The first-order valence-corrected chi connectivity index (χ1v) is 3.76. The molecule has 2 rings (SSSR count). The summed E-state index contributed by atoms with van der Waals surface area (Å²) in [6.45, 7) is 4.09. The van der Waals surface area contributed by atoms with E-state index in [1.165, 1.54) is 11.3 Å². The van der Waals surface area contributed by atoms with Crippen LogP contribution in [0, 0.1) is 6.92 Å². The summed E-state index contributed by atoms with van der Waals surface area (Å²) in [4.78, 5) is 8.60. The number of hydrogen-bond acceptors (Lipinski definition) is 2. The van der Waals surface area contributed by atoms with Crippen molar-refractivity contribution in [1.82, 2.24) is 4.98 Å². The van der Waals surface area contributed by atoms with Gasteiger partial charge in [-0.3, -0.25) is 9.98 Å². The van der Waals surface area contributed by atoms with Crippen molar-refractivity contribution in [3.8, 4) is 0 Å². The molecule has 56 valence electrons. The van der Waals surface area contributed by atoms with Gasteiger partial charge in [0.25, 0.3) is 0 Å². The Morgan fingerprint density at radius 3 is 2.91 bits per heavy atom. The Balaban J connectivity index is 2.59. The van der Waals surface area contributed by atoms with E-state index in [0.717, 1.165) is 17.8 Å². The predicted octanol–water partition coefficient (Wildman–Crippen LogP) is 2.04. The summed E-state index contributed by atoms with van der Waals surface area (Å²) in [6, 6.07) is 1.97. The van der Waals surface area contributed by atoms with Crippen LogP contribution in [0.3, 0.4) is 0 Å². The maximum absolute atomic E-state index is 4.39. The van der Waals surface area contributed by atoms with Crippen molar-refractivity contribution < 1.29 is 0 Å². The molecule has 1 aromatic rings. The van der Waals surface area contributed by atoms with Gasteiger partial charge in [0, 0.05) is 29.6 Å². The predicted molar refractivity (Wildman–Crippen MR) is 45.4 cm³/mol. The standard InChI is InChI=1S/C9H10N2/c1-6-5-8-7(2)10-4-3-9(8)11-6/h3-4H,5H2,1-2H3. The van der Waals surface area contributed by atoms with Crippen molar-refractivity contribution in [2.75, 3.05) is 0 Å². The fraction of sp³-hybridized carbons (Fsp3) is 0.333. The third-order valence-electron chi connectivity index (χ3n) is 1.99. The van der Waals surface area contributed by atoms with Crippen LogP contribution in [0.15, 0.2) is 17.3 Å². The molecule has 1 aliphatic heterocycles. The monoisotopic (exact) mass is 146 g/mol. The lowest BCUT2D eigenvalue weighted by atomic mass is 10.1. The Morgan fingerprint density at radius 2 is 2.18 bits per heavy atom. The first-order chi connectivity index (χ1) is 5.27. The zero-order valence-corrected chi connectivity index (χ0v) is 6.76. The van der Waals surface area contributed by atoms with Crippen LogP contribution in [0.25, 0.3) is 0 Å². The average molecular weight is 146 g/mol. The zero-order valence-electron chi connectivity index (χ0n) is 6.76. The van der Waals surface area contributed by atoms with E-state index < -0.39 is 0 Å². The van der Waals surface area contributed by atoms with Gasteiger partial charge in [-0.05, 0) is 19.9 Å². The molecule has 0 atom stereocenters. The Kier molecular flexibility index (Phi) is 1.28. The topological polar surface area (TPSA) is 25.2 Å². The second-order valence-corrected chi connectivity index (χ2v) is 2.92. The van der Waals surface area contributed by atoms with Gasteiger partial charge < -0.3 is 0 Å². The van der Waals surface area contributed by atoms with Gasteiger partial charge in [0.15, 0.2) is 0 Å². The molecule has 0 aliphatic carbocycles. The molecule has 2 heterocycles. The van der Waals surface area contributed by atoms with Gasteiger partial charge in [-0.25, -0.2) is 0 Å². The first-order valence-electron chi connectivity index (χ1n) is 3.76. The van der Waals surface area contributed by atoms with Crippen LogP contribution >= 0.6 is 0 Å². The molecule has 0 N–H and O–H groups in total. The van der Waals surface area contributed by atoms with E-state index >= 15 is 0 Å². The van der Waals surface area contributed by atoms with Crippen molar-refractivity contribution in [1.29, 1.82) is 0 Å². The molecule has 2 heteroatoms. The lowest BCUT2D eigenvalue weighted by molar-refractivity contribution is 1.14. The maximum atomic E-state index is 4.39. The molecule has 0 fully saturated rings. The number of nitrogens with zero attached hydrogens (tertiary/aromatic N) is 2. The summed E-state index contributed by atoms with van der Waals surface area (Å²) in [5.74, 6) is 0. The van der Waals surface area contributed by atoms with Crippen LogP contribution in [0.1, 0.15) is 18.2 Å². The minimum Gasteiger partial charge on any atom is -0.261 e. The summed E-state index contributed by atoms with van der Waals surface area (Å²) in [5, 5.41) is 0. The third-order valence-corrected chi connectivity index (χ3v) is 1.99. The second-order valence-electron chi connectivity index (χ2n) is 2.92. The van der Waals surface area contributed by atoms with Crippen molar-refractivity contribution in [2.45, 2.75) is 20.3 Å². The van der Waals surface area contributed by atoms with E-state index in [9.17, 15) is 0 Å². The molecule has 0 unspecified atom stereocenters. The molecule has 0 aromatic carbocycles. The number of aryl methyl sites for hydroxylation is 1. The molecule has 0 saturated carbocycles. The molecular weight excluding hydrogens is 136 g/mol. The third kappa shape index (κ3) is 0.946. The van der Waals surface area contributed by atoms with E-state index in [4.69, 9.17) is 0 Å². The van der Waals surface area contributed by atoms with Crippen LogP contribution in [0.2, 0.25) is 0 Å². The molecular formula is C9H10N2. The van der Waals surface area contributed by atoms with Crippen LogP contribution in [-0.4, -0.2) is 10.7 Å². The molecule has 1 aromatic heterocycles. The van der Waals surface area contributed by atoms with Gasteiger partial charge in [-0.1, -0.05) is 0 Å². The van der Waals surface area contributed by atoms with E-state index in [-0.39, 0.29) is 0 Å². The number of hydrogen-bond donors (Lipinski definition) is 0. The Hall–Kier alpha value is -1.18. The SMILES string of the molecule is CC1=Nc2ccnc(C)c2C1. The number of pyridine rings is 1. The lowest BCUT2D eigenvalue weighted by Crippen LogP contribution is -1.93. The van der Waals surface area contributed by atoms with Crippen molar-refractivity contribution in [3.63, 3.8) is 0 Å². The second kappa shape index (κ2) is 2.16. The van der Waals surface area contributed by atoms with Crippen molar-refractivity contribution in [3.05, 3.63) is 23.5 Å². The minimum absolute atomic E-state index is 0.981. The van der Waals surface area contributed by atoms with Gasteiger partial charge in [-0.2, -0.15) is 0 Å². The number of rotatable bonds is 0. The number of aliphatic imine (C=N–C) groups is 1. The largest absolute Gasteiger partial charge is 0.261 e. The summed E-state index contributed by atoms with van der Waals surface area (Å²) < 4.78 is 0. The first kappa shape index (κ1) is 6.53. The normalized spacial score (nSPS) is 14.5. The minimum atomic E-state index is 0.981. The summed E-state index contributed by atoms with van der Waals surface area (Å²) in [7, 11) is 0. The van der Waals surface area contributed by atoms with E-state index in [2.05, 4.69) is 16.9 Å². The van der Waals surface area contributed by atoms with Crippen LogP contribution in [0.4, 0.5) is 5.69 Å². The highest BCUT2D eigenvalue weighted by Gasteiger charge is 2.12. The smallest absolute Gasteiger partial charge is 0.0698 e. The van der Waals surface area contributed by atoms with Gasteiger partial charge in [-0.15, -0.1) is 0 Å². The molecule has 0 bridgehead atoms. The Labute approximate surface area is 66.0 Å². The highest BCUT2D eigenvalue weighted by molar-refractivity contribution is 5.92. The molecule has 2 nitrogen and oxygen atoms in total. The fourth-order valence-corrected chi connectivity index (χ4v) is 1.41. The highest BCUT2D eigenvalue weighted by atomic mass is 14.8. The Bertz CT molecular complexity index is 326. The molecule has 0 spiro atoms. The molecule has 11 heavy (non-hydrogen) atoms. The van der Waals surface area contributed by atoms with Crippen molar-refractivity contribution in [2.24, 2.45) is 4.99 Å². The highest BCUT2D eigenvalue weighted by Crippen LogP contribution is 2.27. The van der Waals surface area contributed by atoms with E-state index in [1.807, 2.05) is 19.2 Å². The van der Waals surface area contributed by atoms with Gasteiger partial charge in [0.1, 0.15) is 0 Å². The van der Waals surface area contributed by atoms with Crippen LogP contribution in [0.5, 0.6) is 0 Å². The summed E-state index contributed by atoms with van der Waals surface area (Å²) in [6.07, 6.45) is 2.80. The number of fused-ring (bicyclic) bond motifs is 1. The fourth-order valence-electron chi connectivity index (χ4n) is 1.41.